The van der Waals surface area contributed by atoms with Crippen LogP contribution >= 0.6 is 12.4 Å². The molecule has 32 heavy (non-hydrogen) atoms. The summed E-state index contributed by atoms with van der Waals surface area (Å²) in [7, 11) is 0. The van der Waals surface area contributed by atoms with Crippen LogP contribution in [0.1, 0.15) is 25.3 Å². The fourth-order valence-corrected chi connectivity index (χ4v) is 4.00. The Kier molecular flexibility index (Phi) is 7.53. The van der Waals surface area contributed by atoms with Gasteiger partial charge in [0.15, 0.2) is 5.52 Å². The first kappa shape index (κ1) is 23.3. The number of hydrogen-bond donors (Lipinski definition) is 1. The van der Waals surface area contributed by atoms with Gasteiger partial charge in [-0.3, -0.25) is 9.13 Å². The number of imidazole rings is 1. The first-order valence-corrected chi connectivity index (χ1v) is 10.4. The molecule has 2 N–H and O–H groups in total. The summed E-state index contributed by atoms with van der Waals surface area (Å²) in [4.78, 5) is 28.2. The summed E-state index contributed by atoms with van der Waals surface area (Å²) in [6.45, 7) is 11.5. The Labute approximate surface area is 193 Å². The molecule has 0 saturated carbocycles. The lowest BCUT2D eigenvalue weighted by atomic mass is 10.1. The van der Waals surface area contributed by atoms with Crippen molar-refractivity contribution >= 4 is 35.5 Å². The molecule has 166 valence electrons. The zero-order valence-electron chi connectivity index (χ0n) is 18.0. The van der Waals surface area contributed by atoms with Gasteiger partial charge in [0, 0.05) is 25.6 Å². The van der Waals surface area contributed by atoms with Crippen molar-refractivity contribution in [3.05, 3.63) is 57.7 Å². The van der Waals surface area contributed by atoms with Crippen LogP contribution in [0.2, 0.25) is 0 Å². The fraction of sp³-hybridized carbons (Fsp3) is 0.391. The smallest absolute Gasteiger partial charge is 0.343 e. The molecule has 3 heterocycles. The summed E-state index contributed by atoms with van der Waals surface area (Å²) >= 11 is 0. The third-order valence-corrected chi connectivity index (χ3v) is 5.55. The lowest BCUT2D eigenvalue weighted by Gasteiger charge is -2.31. The van der Waals surface area contributed by atoms with Gasteiger partial charge in [0.2, 0.25) is 11.6 Å². The van der Waals surface area contributed by atoms with E-state index < -0.39 is 0 Å². The predicted molar refractivity (Wildman–Crippen MR) is 128 cm³/mol. The van der Waals surface area contributed by atoms with Crippen molar-refractivity contribution in [1.82, 2.24) is 19.1 Å². The Balaban J connectivity index is 0.00000289. The average molecular weight is 452 g/mol. The fourth-order valence-electron chi connectivity index (χ4n) is 4.00. The van der Waals surface area contributed by atoms with E-state index in [1.165, 1.54) is 4.57 Å². The van der Waals surface area contributed by atoms with E-state index >= 15 is 0 Å². The molecule has 2 aromatic heterocycles. The molecule has 1 aliphatic heterocycles. The first-order valence-electron chi connectivity index (χ1n) is 10.4. The highest BCUT2D eigenvalue weighted by molar-refractivity contribution is 5.85. The van der Waals surface area contributed by atoms with Crippen molar-refractivity contribution in [3.63, 3.8) is 0 Å². The number of rotatable bonds is 5. The maximum atomic E-state index is 13.5. The van der Waals surface area contributed by atoms with Crippen LogP contribution in [0, 0.1) is 18.4 Å². The van der Waals surface area contributed by atoms with Crippen LogP contribution in [-0.4, -0.2) is 38.2 Å². The summed E-state index contributed by atoms with van der Waals surface area (Å²) in [5.74, 6) is 6.64. The molecule has 8 nitrogen and oxygen atoms in total. The van der Waals surface area contributed by atoms with Gasteiger partial charge in [0.25, 0.3) is 0 Å². The van der Waals surface area contributed by atoms with E-state index in [-0.39, 0.29) is 30.0 Å². The molecule has 0 aliphatic carbocycles. The van der Waals surface area contributed by atoms with E-state index in [9.17, 15) is 4.79 Å². The van der Waals surface area contributed by atoms with Gasteiger partial charge in [-0.05, 0) is 25.3 Å². The number of benzene rings is 1. The van der Waals surface area contributed by atoms with Gasteiger partial charge in [-0.1, -0.05) is 36.3 Å². The molecule has 1 atom stereocenters. The second-order valence-corrected chi connectivity index (χ2v) is 7.66. The molecule has 1 fully saturated rings. The minimum atomic E-state index is -0.259. The first-order chi connectivity index (χ1) is 15.1. The molecule has 0 radical (unpaired) electrons. The zero-order valence-corrected chi connectivity index (χ0v) is 18.8. The van der Waals surface area contributed by atoms with Crippen molar-refractivity contribution in [3.8, 4) is 11.8 Å². The van der Waals surface area contributed by atoms with Crippen molar-refractivity contribution in [2.75, 3.05) is 18.0 Å². The van der Waals surface area contributed by atoms with E-state index in [4.69, 9.17) is 12.3 Å². The van der Waals surface area contributed by atoms with E-state index in [0.29, 0.717) is 43.2 Å². The topological polar surface area (TPSA) is 86.3 Å². The zero-order chi connectivity index (χ0) is 21.8. The molecular weight excluding hydrogens is 426 g/mol. The summed E-state index contributed by atoms with van der Waals surface area (Å²) in [6.07, 6.45) is 2.57. The van der Waals surface area contributed by atoms with Crippen LogP contribution in [0.4, 0.5) is 11.9 Å². The normalized spacial score (nSPS) is 15.5. The molecule has 9 heteroatoms. The number of anilines is 1. The molecule has 1 unspecified atom stereocenters. The van der Waals surface area contributed by atoms with Gasteiger partial charge in [-0.25, -0.2) is 4.79 Å². The van der Waals surface area contributed by atoms with Gasteiger partial charge in [0.05, 0.1) is 13.1 Å². The molecule has 3 aromatic rings. The highest BCUT2D eigenvalue weighted by atomic mass is 35.5. The summed E-state index contributed by atoms with van der Waals surface area (Å²) in [6, 6.07) is 9.95. The van der Waals surface area contributed by atoms with Gasteiger partial charge in [-0.2, -0.15) is 4.98 Å². The van der Waals surface area contributed by atoms with Crippen LogP contribution in [0.15, 0.2) is 35.1 Å². The van der Waals surface area contributed by atoms with Crippen LogP contribution in [0.5, 0.6) is 0 Å². The number of aromatic nitrogens is 4. The molecule has 0 amide bonds. The largest absolute Gasteiger partial charge is 0.396 e. The Morgan fingerprint density at radius 2 is 2.03 bits per heavy atom. The monoisotopic (exact) mass is 451 g/mol. The highest BCUT2D eigenvalue weighted by Gasteiger charge is 2.27. The van der Waals surface area contributed by atoms with Gasteiger partial charge >= 0.3 is 11.5 Å². The van der Waals surface area contributed by atoms with Gasteiger partial charge < -0.3 is 15.5 Å². The van der Waals surface area contributed by atoms with Crippen molar-refractivity contribution in [2.24, 2.45) is 5.73 Å². The van der Waals surface area contributed by atoms with E-state index in [1.54, 1.807) is 6.92 Å². The SMILES string of the molecule is Cl.[C-]#[N+]c1nc2nc(N3CCCC(N)C3)n(CC#CC)c2c(=O)n1CCc1ccccc1. The van der Waals surface area contributed by atoms with Crippen LogP contribution in [-0.2, 0) is 19.5 Å². The summed E-state index contributed by atoms with van der Waals surface area (Å²) in [5, 5.41) is 0. The van der Waals surface area contributed by atoms with E-state index in [2.05, 4.69) is 31.6 Å². The standard InChI is InChI=1S/C23H25N7O.ClH/c1-3-4-14-29-19-20(27-23(29)28-13-8-11-18(24)16-28)26-22(25-2)30(21(19)31)15-12-17-9-6-5-7-10-17;/h5-7,9-10,18H,8,11-16,24H2,1H3;1H. The van der Waals surface area contributed by atoms with E-state index in [1.807, 2.05) is 34.9 Å². The van der Waals surface area contributed by atoms with Gasteiger partial charge in [-0.15, -0.1) is 29.9 Å². The highest BCUT2D eigenvalue weighted by Crippen LogP contribution is 2.24. The maximum Gasteiger partial charge on any atom is 0.343 e. The Bertz CT molecular complexity index is 1250. The second-order valence-electron chi connectivity index (χ2n) is 7.66. The van der Waals surface area contributed by atoms with Crippen molar-refractivity contribution in [2.45, 2.75) is 45.3 Å². The third-order valence-electron chi connectivity index (χ3n) is 5.55. The molecule has 4 rings (SSSR count). The lowest BCUT2D eigenvalue weighted by molar-refractivity contribution is 0.496. The number of hydrogen-bond acceptors (Lipinski definition) is 5. The number of aryl methyl sites for hydroxylation is 1. The van der Waals surface area contributed by atoms with Crippen molar-refractivity contribution < 1.29 is 0 Å². The number of piperidine rings is 1. The molecule has 0 spiro atoms. The Morgan fingerprint density at radius 1 is 1.25 bits per heavy atom. The second kappa shape index (κ2) is 10.3. The summed E-state index contributed by atoms with van der Waals surface area (Å²) in [5.41, 5.74) is 7.69. The maximum absolute atomic E-state index is 13.5. The quantitative estimate of drug-likeness (QED) is 0.476. The third kappa shape index (κ3) is 4.62. The van der Waals surface area contributed by atoms with E-state index in [0.717, 1.165) is 24.9 Å². The lowest BCUT2D eigenvalue weighted by Crippen LogP contribution is -2.44. The minimum Gasteiger partial charge on any atom is -0.396 e. The van der Waals surface area contributed by atoms with Crippen LogP contribution in [0.3, 0.4) is 0 Å². The summed E-state index contributed by atoms with van der Waals surface area (Å²) < 4.78 is 3.28. The average Bonchev–Trinajstić information content (AvgIpc) is 3.16. The predicted octanol–water partition coefficient (Wildman–Crippen LogP) is 2.76. The molecule has 1 aromatic carbocycles. The molecule has 1 saturated heterocycles. The number of halogens is 1. The number of nitrogens with two attached hydrogens (primary N) is 1. The number of fused-ring (bicyclic) bond motifs is 1. The Hall–Kier alpha value is -3.33. The molecule has 1 aliphatic rings. The number of nitrogens with zero attached hydrogens (tertiary/aromatic N) is 6. The van der Waals surface area contributed by atoms with Crippen molar-refractivity contribution in [1.29, 1.82) is 0 Å². The Morgan fingerprint density at radius 3 is 2.72 bits per heavy atom. The minimum absolute atomic E-state index is 0. The van der Waals surface area contributed by atoms with Crippen LogP contribution in [0.25, 0.3) is 16.0 Å². The van der Waals surface area contributed by atoms with Gasteiger partial charge in [0.1, 0.15) is 0 Å². The molecular formula is C23H26ClN7O. The molecule has 0 bridgehead atoms. The van der Waals surface area contributed by atoms with Crippen LogP contribution < -0.4 is 16.2 Å².